The number of benzene rings is 2. The summed E-state index contributed by atoms with van der Waals surface area (Å²) in [7, 11) is 1.57. The summed E-state index contributed by atoms with van der Waals surface area (Å²) in [6.45, 7) is 1.75. The number of para-hydroxylation sites is 1. The number of rotatable bonds is 7. The van der Waals surface area contributed by atoms with Gasteiger partial charge < -0.3 is 14.5 Å². The van der Waals surface area contributed by atoms with Crippen LogP contribution in [0.4, 0.5) is 5.69 Å². The molecule has 0 saturated carbocycles. The van der Waals surface area contributed by atoms with Gasteiger partial charge in [-0.05, 0) is 30.7 Å². The van der Waals surface area contributed by atoms with Gasteiger partial charge in [-0.15, -0.1) is 11.8 Å². The van der Waals surface area contributed by atoms with Gasteiger partial charge in [-0.3, -0.25) is 14.9 Å². The zero-order chi connectivity index (χ0) is 21.0. The summed E-state index contributed by atoms with van der Waals surface area (Å²) in [4.78, 5) is 39.1. The van der Waals surface area contributed by atoms with E-state index in [1.54, 1.807) is 26.2 Å². The molecule has 0 spiro atoms. The van der Waals surface area contributed by atoms with Crippen molar-refractivity contribution in [2.45, 2.75) is 17.7 Å². The molecule has 2 aromatic carbocycles. The molecule has 0 aliphatic rings. The van der Waals surface area contributed by atoms with E-state index in [1.165, 1.54) is 30.0 Å². The Balaban J connectivity index is 2.09. The van der Waals surface area contributed by atoms with Crippen molar-refractivity contribution in [2.75, 3.05) is 13.7 Å². The van der Waals surface area contributed by atoms with Crippen LogP contribution in [-0.4, -0.2) is 29.6 Å². The number of hydrogen-bond acceptors (Lipinski definition) is 7. The third-order valence-electron chi connectivity index (χ3n) is 4.20. The summed E-state index contributed by atoms with van der Waals surface area (Å²) in [5.41, 5.74) is 0.0136. The third-order valence-corrected chi connectivity index (χ3v) is 5.27. The summed E-state index contributed by atoms with van der Waals surface area (Å²) in [6.07, 6.45) is 0. The zero-order valence-corrected chi connectivity index (χ0v) is 16.6. The molecule has 150 valence electrons. The number of nitro groups is 1. The number of H-pyrrole nitrogens is 1. The number of aromatic nitrogens is 1. The Morgan fingerprint density at radius 1 is 1.21 bits per heavy atom. The van der Waals surface area contributed by atoms with Crippen molar-refractivity contribution in [3.63, 3.8) is 0 Å². The maximum absolute atomic E-state index is 13.0. The molecule has 29 heavy (non-hydrogen) atoms. The van der Waals surface area contributed by atoms with E-state index in [-0.39, 0.29) is 33.8 Å². The summed E-state index contributed by atoms with van der Waals surface area (Å²) < 4.78 is 10.2. The molecular formula is C20H18N2O6S. The molecule has 0 radical (unpaired) electrons. The number of thioether (sulfide) groups is 1. The number of carbonyl (C=O) groups excluding carboxylic acids is 1. The zero-order valence-electron chi connectivity index (χ0n) is 15.8. The summed E-state index contributed by atoms with van der Waals surface area (Å²) >= 11 is 1.20. The van der Waals surface area contributed by atoms with E-state index < -0.39 is 16.3 Å². The molecule has 0 atom stereocenters. The van der Waals surface area contributed by atoms with Crippen LogP contribution in [0.3, 0.4) is 0 Å². The van der Waals surface area contributed by atoms with E-state index in [0.717, 1.165) is 5.56 Å². The van der Waals surface area contributed by atoms with Crippen LogP contribution in [0.15, 0.2) is 52.3 Å². The molecule has 1 heterocycles. The van der Waals surface area contributed by atoms with Gasteiger partial charge in [0.2, 0.25) is 5.43 Å². The van der Waals surface area contributed by atoms with Gasteiger partial charge in [0.1, 0.15) is 16.8 Å². The number of non-ortho nitro benzene ring substituents is 1. The molecule has 0 aliphatic heterocycles. The molecule has 1 N–H and O–H groups in total. The first kappa shape index (κ1) is 20.4. The largest absolute Gasteiger partial charge is 0.497 e. The fourth-order valence-corrected chi connectivity index (χ4v) is 3.80. The molecular weight excluding hydrogens is 396 g/mol. The first-order valence-electron chi connectivity index (χ1n) is 8.72. The highest BCUT2D eigenvalue weighted by Gasteiger charge is 2.24. The highest BCUT2D eigenvalue weighted by Crippen LogP contribution is 2.29. The lowest BCUT2D eigenvalue weighted by atomic mass is 10.1. The Morgan fingerprint density at radius 2 is 1.93 bits per heavy atom. The molecule has 0 bridgehead atoms. The highest BCUT2D eigenvalue weighted by molar-refractivity contribution is 7.98. The van der Waals surface area contributed by atoms with E-state index >= 15 is 0 Å². The number of nitrogens with one attached hydrogen (secondary N) is 1. The molecule has 0 fully saturated rings. The van der Waals surface area contributed by atoms with Crippen molar-refractivity contribution in [1.82, 2.24) is 4.98 Å². The van der Waals surface area contributed by atoms with Crippen molar-refractivity contribution in [1.29, 1.82) is 0 Å². The lowest BCUT2D eigenvalue weighted by molar-refractivity contribution is -0.383. The normalized spacial score (nSPS) is 10.7. The average molecular weight is 414 g/mol. The third kappa shape index (κ3) is 4.24. The molecule has 0 unspecified atom stereocenters. The highest BCUT2D eigenvalue weighted by atomic mass is 32.2. The smallest absolute Gasteiger partial charge is 0.344 e. The molecule has 3 rings (SSSR count). The van der Waals surface area contributed by atoms with Crippen LogP contribution in [0.25, 0.3) is 10.9 Å². The average Bonchev–Trinajstić information content (AvgIpc) is 2.72. The van der Waals surface area contributed by atoms with Gasteiger partial charge in [0.05, 0.1) is 29.1 Å². The van der Waals surface area contributed by atoms with Crippen LogP contribution in [0, 0.1) is 10.1 Å². The fourth-order valence-electron chi connectivity index (χ4n) is 2.80. The molecule has 0 aliphatic carbocycles. The number of nitro benzene ring substituents is 1. The second kappa shape index (κ2) is 8.78. The van der Waals surface area contributed by atoms with Crippen molar-refractivity contribution in [3.05, 3.63) is 73.9 Å². The van der Waals surface area contributed by atoms with Gasteiger partial charge in [-0.2, -0.15) is 0 Å². The van der Waals surface area contributed by atoms with Crippen LogP contribution in [0.2, 0.25) is 0 Å². The maximum atomic E-state index is 13.0. The van der Waals surface area contributed by atoms with Crippen LogP contribution in [0.5, 0.6) is 5.75 Å². The lowest BCUT2D eigenvalue weighted by Crippen LogP contribution is -2.20. The Labute approximate surface area is 170 Å². The van der Waals surface area contributed by atoms with E-state index in [1.807, 2.05) is 12.1 Å². The Bertz CT molecular complexity index is 1120. The number of methoxy groups -OCH3 is 1. The Morgan fingerprint density at radius 3 is 2.55 bits per heavy atom. The number of esters is 1. The van der Waals surface area contributed by atoms with Gasteiger partial charge in [0, 0.05) is 11.8 Å². The van der Waals surface area contributed by atoms with Gasteiger partial charge in [0.25, 0.3) is 5.69 Å². The molecule has 8 nitrogen and oxygen atoms in total. The van der Waals surface area contributed by atoms with Crippen LogP contribution >= 0.6 is 11.8 Å². The van der Waals surface area contributed by atoms with Crippen molar-refractivity contribution >= 4 is 34.3 Å². The topological polar surface area (TPSA) is 112 Å². The van der Waals surface area contributed by atoms with Crippen LogP contribution in [0.1, 0.15) is 22.8 Å². The predicted molar refractivity (Wildman–Crippen MR) is 110 cm³/mol. The van der Waals surface area contributed by atoms with Crippen molar-refractivity contribution in [2.24, 2.45) is 0 Å². The standard InChI is InChI=1S/C20H18N2O6S/c1-3-28-20(24)16-18(23)14-5-4-6-15(22(25)26)17(14)21-19(16)29-11-12-7-9-13(27-2)10-8-12/h4-10H,3,11H2,1-2H3,(H,21,23). The first-order chi connectivity index (χ1) is 14.0. The Kier molecular flexibility index (Phi) is 6.18. The second-order valence-electron chi connectivity index (χ2n) is 5.97. The van der Waals surface area contributed by atoms with Gasteiger partial charge in [-0.1, -0.05) is 18.2 Å². The van der Waals surface area contributed by atoms with E-state index in [0.29, 0.717) is 11.5 Å². The van der Waals surface area contributed by atoms with Crippen LogP contribution < -0.4 is 10.2 Å². The number of ether oxygens (including phenoxy) is 2. The van der Waals surface area contributed by atoms with Crippen molar-refractivity contribution in [3.8, 4) is 5.75 Å². The molecule has 0 amide bonds. The number of carbonyl (C=O) groups is 1. The quantitative estimate of drug-likeness (QED) is 0.270. The minimum atomic E-state index is -0.764. The minimum absolute atomic E-state index is 0.0658. The van der Waals surface area contributed by atoms with E-state index in [4.69, 9.17) is 9.47 Å². The number of hydrogen-bond donors (Lipinski definition) is 1. The molecule has 0 saturated heterocycles. The van der Waals surface area contributed by atoms with E-state index in [9.17, 15) is 19.7 Å². The van der Waals surface area contributed by atoms with Gasteiger partial charge >= 0.3 is 5.97 Å². The van der Waals surface area contributed by atoms with E-state index in [2.05, 4.69) is 4.98 Å². The van der Waals surface area contributed by atoms with Gasteiger partial charge in [-0.25, -0.2) is 4.79 Å². The number of nitrogens with zero attached hydrogens (tertiary/aromatic N) is 1. The molecule has 3 aromatic rings. The monoisotopic (exact) mass is 414 g/mol. The second-order valence-corrected chi connectivity index (χ2v) is 6.96. The summed E-state index contributed by atoms with van der Waals surface area (Å²) in [5, 5.41) is 11.7. The van der Waals surface area contributed by atoms with Crippen LogP contribution in [-0.2, 0) is 10.5 Å². The summed E-state index contributed by atoms with van der Waals surface area (Å²) in [5.74, 6) is 0.374. The SMILES string of the molecule is CCOC(=O)c1c(SCc2ccc(OC)cc2)[nH]c2c([N+](=O)[O-])cccc2c1=O. The first-order valence-corrected chi connectivity index (χ1v) is 9.71. The number of aromatic amines is 1. The predicted octanol–water partition coefficient (Wildman–Crippen LogP) is 3.91. The minimum Gasteiger partial charge on any atom is -0.497 e. The lowest BCUT2D eigenvalue weighted by Gasteiger charge is -2.11. The summed E-state index contributed by atoms with van der Waals surface area (Å²) in [6, 6.07) is 11.5. The maximum Gasteiger partial charge on any atom is 0.344 e. The van der Waals surface area contributed by atoms with Crippen molar-refractivity contribution < 1.29 is 19.2 Å². The number of fused-ring (bicyclic) bond motifs is 1. The Hall–Kier alpha value is -3.33. The van der Waals surface area contributed by atoms with Gasteiger partial charge in [0.15, 0.2) is 0 Å². The fraction of sp³-hybridized carbons (Fsp3) is 0.200. The molecule has 9 heteroatoms. The number of pyridine rings is 1. The molecule has 1 aromatic heterocycles.